The summed E-state index contributed by atoms with van der Waals surface area (Å²) in [7, 11) is 1.83. The van der Waals surface area contributed by atoms with Crippen LogP contribution >= 0.6 is 0 Å². The summed E-state index contributed by atoms with van der Waals surface area (Å²) in [4.78, 5) is 28.7. The van der Waals surface area contributed by atoms with Gasteiger partial charge in [0.1, 0.15) is 17.8 Å². The molecule has 1 saturated heterocycles. The largest absolute Gasteiger partial charge is 0.472 e. The Morgan fingerprint density at radius 1 is 1.22 bits per heavy atom. The molecule has 0 bridgehead atoms. The van der Waals surface area contributed by atoms with Crippen LogP contribution in [0.15, 0.2) is 39.6 Å². The quantitative estimate of drug-likeness (QED) is 0.808. The third-order valence-corrected chi connectivity index (χ3v) is 5.83. The van der Waals surface area contributed by atoms with Gasteiger partial charge in [0, 0.05) is 32.0 Å². The van der Waals surface area contributed by atoms with Crippen molar-refractivity contribution in [1.29, 1.82) is 0 Å². The predicted molar refractivity (Wildman–Crippen MR) is 99.0 cm³/mol. The highest BCUT2D eigenvalue weighted by Gasteiger charge is 2.37. The van der Waals surface area contributed by atoms with Crippen LogP contribution in [-0.4, -0.2) is 41.8 Å². The maximum Gasteiger partial charge on any atom is 0.257 e. The number of carbonyl (C=O) groups is 2. The Balaban J connectivity index is 1.28. The molecule has 0 radical (unpaired) electrons. The van der Waals surface area contributed by atoms with Gasteiger partial charge in [-0.3, -0.25) is 9.59 Å². The van der Waals surface area contributed by atoms with E-state index < -0.39 is 0 Å². The summed E-state index contributed by atoms with van der Waals surface area (Å²) in [6.45, 7) is 3.91. The Kier molecular flexibility index (Phi) is 4.81. The first-order valence-electron chi connectivity index (χ1n) is 9.68. The normalized spacial score (nSPS) is 22.7. The zero-order valence-corrected chi connectivity index (χ0v) is 15.9. The molecule has 27 heavy (non-hydrogen) atoms. The lowest BCUT2D eigenvalue weighted by atomic mass is 9.95. The minimum Gasteiger partial charge on any atom is -0.472 e. The van der Waals surface area contributed by atoms with E-state index in [2.05, 4.69) is 6.92 Å². The van der Waals surface area contributed by atoms with Crippen LogP contribution in [0.5, 0.6) is 0 Å². The SMILES string of the molecule is C[C@H]1C[C@@H]1c1ccc(CN(C)C(=O)C2CCN(C(=O)c3ccoc3)CC2)o1. The van der Waals surface area contributed by atoms with Crippen molar-refractivity contribution in [2.45, 2.75) is 38.6 Å². The van der Waals surface area contributed by atoms with Crippen molar-refractivity contribution in [3.63, 3.8) is 0 Å². The number of rotatable bonds is 5. The lowest BCUT2D eigenvalue weighted by molar-refractivity contribution is -0.136. The molecule has 2 atom stereocenters. The number of amides is 2. The number of furan rings is 2. The van der Waals surface area contributed by atoms with E-state index in [1.54, 1.807) is 15.9 Å². The summed E-state index contributed by atoms with van der Waals surface area (Å²) in [5.74, 6) is 3.21. The van der Waals surface area contributed by atoms with Crippen LogP contribution in [0.2, 0.25) is 0 Å². The maximum atomic E-state index is 12.8. The molecule has 2 aromatic heterocycles. The molecule has 3 heterocycles. The van der Waals surface area contributed by atoms with Crippen molar-refractivity contribution in [3.05, 3.63) is 47.8 Å². The van der Waals surface area contributed by atoms with Crippen LogP contribution in [0.1, 0.15) is 54.0 Å². The van der Waals surface area contributed by atoms with Gasteiger partial charge in [-0.05, 0) is 43.4 Å². The van der Waals surface area contributed by atoms with Gasteiger partial charge in [0.25, 0.3) is 5.91 Å². The average Bonchev–Trinajstić information content (AvgIpc) is 3.10. The first kappa shape index (κ1) is 17.9. The number of piperidine rings is 1. The molecule has 2 aliphatic rings. The van der Waals surface area contributed by atoms with Crippen LogP contribution in [0, 0.1) is 11.8 Å². The minimum atomic E-state index is -0.0405. The van der Waals surface area contributed by atoms with Crippen molar-refractivity contribution in [3.8, 4) is 0 Å². The molecule has 144 valence electrons. The van der Waals surface area contributed by atoms with Gasteiger partial charge in [-0.2, -0.15) is 0 Å². The molecule has 6 heteroatoms. The number of carbonyl (C=O) groups excluding carboxylic acids is 2. The molecule has 2 aromatic rings. The average molecular weight is 370 g/mol. The smallest absolute Gasteiger partial charge is 0.257 e. The van der Waals surface area contributed by atoms with Gasteiger partial charge >= 0.3 is 0 Å². The van der Waals surface area contributed by atoms with Crippen LogP contribution in [0.4, 0.5) is 0 Å². The molecule has 1 aliphatic heterocycles. The van der Waals surface area contributed by atoms with E-state index in [0.717, 1.165) is 11.5 Å². The Bertz CT molecular complexity index is 802. The third-order valence-electron chi connectivity index (χ3n) is 5.83. The zero-order chi connectivity index (χ0) is 19.0. The third kappa shape index (κ3) is 3.80. The Hall–Kier alpha value is -2.50. The Morgan fingerprint density at radius 2 is 1.96 bits per heavy atom. The van der Waals surface area contributed by atoms with Gasteiger partial charge in [-0.1, -0.05) is 6.92 Å². The Morgan fingerprint density at radius 3 is 2.59 bits per heavy atom. The first-order valence-corrected chi connectivity index (χ1v) is 9.68. The number of likely N-dealkylation sites (tertiary alicyclic amines) is 1. The molecule has 2 amide bonds. The van der Waals surface area contributed by atoms with Crippen molar-refractivity contribution in [2.24, 2.45) is 11.8 Å². The van der Waals surface area contributed by atoms with Gasteiger partial charge < -0.3 is 18.6 Å². The molecule has 1 aliphatic carbocycles. The van der Waals surface area contributed by atoms with E-state index in [1.165, 1.54) is 18.9 Å². The topological polar surface area (TPSA) is 66.9 Å². The summed E-state index contributed by atoms with van der Waals surface area (Å²) in [5.41, 5.74) is 0.565. The van der Waals surface area contributed by atoms with Crippen molar-refractivity contribution >= 4 is 11.8 Å². The second-order valence-electron chi connectivity index (χ2n) is 7.90. The van der Waals surface area contributed by atoms with Gasteiger partial charge in [-0.25, -0.2) is 0 Å². The molecule has 0 unspecified atom stereocenters. The van der Waals surface area contributed by atoms with Crippen LogP contribution < -0.4 is 0 Å². The molecule has 6 nitrogen and oxygen atoms in total. The van der Waals surface area contributed by atoms with Crippen molar-refractivity contribution in [1.82, 2.24) is 9.80 Å². The molecule has 0 spiro atoms. The summed E-state index contributed by atoms with van der Waals surface area (Å²) >= 11 is 0. The van der Waals surface area contributed by atoms with E-state index >= 15 is 0 Å². The standard InChI is InChI=1S/C21H26N2O4/c1-14-11-18(14)19-4-3-17(27-19)12-22(2)20(24)15-5-8-23(9-6-15)21(25)16-7-10-26-13-16/h3-4,7,10,13-15,18H,5-6,8-9,11-12H2,1-2H3/t14-,18-/m0/s1. The van der Waals surface area contributed by atoms with E-state index in [1.807, 2.05) is 19.2 Å². The van der Waals surface area contributed by atoms with Crippen LogP contribution in [-0.2, 0) is 11.3 Å². The molecular formula is C21H26N2O4. The van der Waals surface area contributed by atoms with E-state index in [0.29, 0.717) is 49.9 Å². The number of nitrogens with zero attached hydrogens (tertiary/aromatic N) is 2. The molecule has 4 rings (SSSR count). The summed E-state index contributed by atoms with van der Waals surface area (Å²) < 4.78 is 10.9. The Labute approximate surface area is 159 Å². The fourth-order valence-corrected chi connectivity index (χ4v) is 3.92. The highest BCUT2D eigenvalue weighted by molar-refractivity contribution is 5.94. The molecular weight excluding hydrogens is 344 g/mol. The molecule has 2 fully saturated rings. The lowest BCUT2D eigenvalue weighted by Crippen LogP contribution is -2.43. The van der Waals surface area contributed by atoms with Gasteiger partial charge in [0.15, 0.2) is 0 Å². The van der Waals surface area contributed by atoms with Crippen LogP contribution in [0.3, 0.4) is 0 Å². The maximum absolute atomic E-state index is 12.8. The van der Waals surface area contributed by atoms with E-state index in [-0.39, 0.29) is 17.7 Å². The summed E-state index contributed by atoms with van der Waals surface area (Å²) in [6, 6.07) is 5.70. The number of hydrogen-bond acceptors (Lipinski definition) is 4. The van der Waals surface area contributed by atoms with Gasteiger partial charge in [-0.15, -0.1) is 0 Å². The monoisotopic (exact) mass is 370 g/mol. The first-order chi connectivity index (χ1) is 13.0. The highest BCUT2D eigenvalue weighted by Crippen LogP contribution is 2.47. The van der Waals surface area contributed by atoms with Crippen LogP contribution in [0.25, 0.3) is 0 Å². The predicted octanol–water partition coefficient (Wildman–Crippen LogP) is 3.51. The van der Waals surface area contributed by atoms with Gasteiger partial charge in [0.05, 0.1) is 18.4 Å². The van der Waals surface area contributed by atoms with E-state index in [4.69, 9.17) is 8.83 Å². The second kappa shape index (κ2) is 7.25. The van der Waals surface area contributed by atoms with Gasteiger partial charge in [0.2, 0.25) is 5.91 Å². The molecule has 0 N–H and O–H groups in total. The van der Waals surface area contributed by atoms with Crippen molar-refractivity contribution < 1.29 is 18.4 Å². The zero-order valence-electron chi connectivity index (χ0n) is 15.9. The van der Waals surface area contributed by atoms with E-state index in [9.17, 15) is 9.59 Å². The second-order valence-corrected chi connectivity index (χ2v) is 7.90. The lowest BCUT2D eigenvalue weighted by Gasteiger charge is -2.32. The molecule has 1 saturated carbocycles. The van der Waals surface area contributed by atoms with Crippen molar-refractivity contribution in [2.75, 3.05) is 20.1 Å². The fraction of sp³-hybridized carbons (Fsp3) is 0.524. The fourth-order valence-electron chi connectivity index (χ4n) is 3.92. The number of hydrogen-bond donors (Lipinski definition) is 0. The molecule has 0 aromatic carbocycles. The summed E-state index contributed by atoms with van der Waals surface area (Å²) in [5, 5.41) is 0. The highest BCUT2D eigenvalue weighted by atomic mass is 16.3. The summed E-state index contributed by atoms with van der Waals surface area (Å²) in [6.07, 6.45) is 5.54. The minimum absolute atomic E-state index is 0.0274.